The van der Waals surface area contributed by atoms with Gasteiger partial charge in [0, 0.05) is 13.3 Å². The summed E-state index contributed by atoms with van der Waals surface area (Å²) in [6.07, 6.45) is 2.51. The number of nitrogens with zero attached hydrogens (tertiary/aromatic N) is 1. The fraction of sp³-hybridized carbons (Fsp3) is 0.385. The van der Waals surface area contributed by atoms with Gasteiger partial charge in [-0.2, -0.15) is 0 Å². The maximum absolute atomic E-state index is 11.6. The van der Waals surface area contributed by atoms with Gasteiger partial charge in [-0.3, -0.25) is 4.98 Å². The highest BCUT2D eigenvalue weighted by Gasteiger charge is 2.12. The molecule has 0 fully saturated rings. The molecule has 96 valence electrons. The Balaban J connectivity index is 2.34. The predicted octanol–water partition coefficient (Wildman–Crippen LogP) is 1.93. The third kappa shape index (κ3) is 2.51. The largest absolute Gasteiger partial charge is 0.461 e. The Morgan fingerprint density at radius 2 is 2.33 bits per heavy atom. The number of fused-ring (bicyclic) bond motifs is 1. The van der Waals surface area contributed by atoms with E-state index in [1.54, 1.807) is 26.3 Å². The number of carbonyl (C=O) groups excluding carboxylic acids is 1. The zero-order valence-corrected chi connectivity index (χ0v) is 10.5. The van der Waals surface area contributed by atoms with E-state index in [0.29, 0.717) is 18.9 Å². The van der Waals surface area contributed by atoms with Crippen LogP contribution in [0.5, 0.6) is 0 Å². The van der Waals surface area contributed by atoms with Gasteiger partial charge in [-0.15, -0.1) is 0 Å². The van der Waals surface area contributed by atoms with Crippen molar-refractivity contribution in [2.24, 2.45) is 0 Å². The molecule has 1 N–H and O–H groups in total. The molecule has 0 spiro atoms. The molecular weight excluding hydrogens is 232 g/mol. The molecule has 0 saturated carbocycles. The van der Waals surface area contributed by atoms with Gasteiger partial charge in [0.25, 0.3) is 0 Å². The van der Waals surface area contributed by atoms with Crippen LogP contribution in [0, 0.1) is 0 Å². The number of rotatable bonds is 5. The van der Waals surface area contributed by atoms with E-state index in [-0.39, 0.29) is 5.97 Å². The SMILES string of the molecule is CCOC(=O)c1cc2nccc(CCOC)c2[nH]1. The molecule has 0 aromatic carbocycles. The van der Waals surface area contributed by atoms with Crippen molar-refractivity contribution >= 4 is 17.0 Å². The second-order valence-electron chi connectivity index (χ2n) is 3.88. The third-order valence-corrected chi connectivity index (χ3v) is 2.68. The van der Waals surface area contributed by atoms with Gasteiger partial charge in [0.15, 0.2) is 0 Å². The lowest BCUT2D eigenvalue weighted by atomic mass is 10.2. The van der Waals surface area contributed by atoms with E-state index in [1.165, 1.54) is 0 Å². The van der Waals surface area contributed by atoms with Gasteiger partial charge < -0.3 is 14.5 Å². The molecule has 2 aromatic rings. The van der Waals surface area contributed by atoms with E-state index >= 15 is 0 Å². The molecule has 2 heterocycles. The highest BCUT2D eigenvalue weighted by Crippen LogP contribution is 2.18. The van der Waals surface area contributed by atoms with Crippen LogP contribution in [0.15, 0.2) is 18.3 Å². The average Bonchev–Trinajstić information content (AvgIpc) is 2.81. The Morgan fingerprint density at radius 3 is 3.06 bits per heavy atom. The number of hydrogen-bond donors (Lipinski definition) is 1. The summed E-state index contributed by atoms with van der Waals surface area (Å²) < 4.78 is 10.0. The lowest BCUT2D eigenvalue weighted by Gasteiger charge is -2.01. The van der Waals surface area contributed by atoms with Crippen LogP contribution in [0.3, 0.4) is 0 Å². The smallest absolute Gasteiger partial charge is 0.354 e. The second kappa shape index (κ2) is 5.64. The first-order chi connectivity index (χ1) is 8.76. The first-order valence-corrected chi connectivity index (χ1v) is 5.89. The van der Waals surface area contributed by atoms with E-state index in [9.17, 15) is 4.79 Å². The van der Waals surface area contributed by atoms with Crippen molar-refractivity contribution in [3.05, 3.63) is 29.6 Å². The molecule has 0 aliphatic heterocycles. The van der Waals surface area contributed by atoms with E-state index in [4.69, 9.17) is 9.47 Å². The standard InChI is InChI=1S/C13H16N2O3/c1-3-18-13(16)11-8-10-12(15-11)9(4-6-14-10)5-7-17-2/h4,6,8,15H,3,5,7H2,1-2H3. The number of H-pyrrole nitrogens is 1. The minimum Gasteiger partial charge on any atom is -0.461 e. The summed E-state index contributed by atoms with van der Waals surface area (Å²) in [6.45, 7) is 2.77. The fourth-order valence-electron chi connectivity index (χ4n) is 1.82. The monoisotopic (exact) mass is 248 g/mol. The minimum absolute atomic E-state index is 0.354. The highest BCUT2D eigenvalue weighted by molar-refractivity contribution is 5.94. The highest BCUT2D eigenvalue weighted by atomic mass is 16.5. The third-order valence-electron chi connectivity index (χ3n) is 2.68. The zero-order valence-electron chi connectivity index (χ0n) is 10.5. The normalized spacial score (nSPS) is 10.8. The number of esters is 1. The lowest BCUT2D eigenvalue weighted by Crippen LogP contribution is -2.04. The van der Waals surface area contributed by atoms with Gasteiger partial charge in [-0.25, -0.2) is 4.79 Å². The zero-order chi connectivity index (χ0) is 13.0. The maximum atomic E-state index is 11.6. The van der Waals surface area contributed by atoms with Crippen LogP contribution in [0.25, 0.3) is 11.0 Å². The van der Waals surface area contributed by atoms with Gasteiger partial charge in [0.05, 0.1) is 24.2 Å². The number of ether oxygens (including phenoxy) is 2. The lowest BCUT2D eigenvalue weighted by molar-refractivity contribution is 0.0520. The van der Waals surface area contributed by atoms with Crippen molar-refractivity contribution in [3.8, 4) is 0 Å². The Labute approximate surface area is 105 Å². The summed E-state index contributed by atoms with van der Waals surface area (Å²) in [5, 5.41) is 0. The number of aromatic nitrogens is 2. The van der Waals surface area contributed by atoms with Gasteiger partial charge in [0.1, 0.15) is 5.69 Å². The van der Waals surface area contributed by atoms with E-state index in [1.807, 2.05) is 6.07 Å². The van der Waals surface area contributed by atoms with Crippen LogP contribution in [-0.2, 0) is 15.9 Å². The van der Waals surface area contributed by atoms with Crippen molar-refractivity contribution in [2.75, 3.05) is 20.3 Å². The van der Waals surface area contributed by atoms with Crippen molar-refractivity contribution in [2.45, 2.75) is 13.3 Å². The average molecular weight is 248 g/mol. The Hall–Kier alpha value is -1.88. The van der Waals surface area contributed by atoms with Crippen molar-refractivity contribution in [1.29, 1.82) is 0 Å². The van der Waals surface area contributed by atoms with E-state index in [2.05, 4.69) is 9.97 Å². The summed E-state index contributed by atoms with van der Waals surface area (Å²) >= 11 is 0. The van der Waals surface area contributed by atoms with E-state index < -0.39 is 0 Å². The Morgan fingerprint density at radius 1 is 1.50 bits per heavy atom. The molecule has 0 aliphatic carbocycles. The minimum atomic E-state index is -0.354. The van der Waals surface area contributed by atoms with Gasteiger partial charge >= 0.3 is 5.97 Å². The summed E-state index contributed by atoms with van der Waals surface area (Å²) in [4.78, 5) is 18.9. The number of pyridine rings is 1. The molecule has 5 heteroatoms. The van der Waals surface area contributed by atoms with Crippen LogP contribution in [-0.4, -0.2) is 36.3 Å². The van der Waals surface area contributed by atoms with Crippen LogP contribution < -0.4 is 0 Å². The number of methoxy groups -OCH3 is 1. The van der Waals surface area contributed by atoms with Gasteiger partial charge in [-0.1, -0.05) is 0 Å². The molecule has 0 amide bonds. The molecule has 0 aliphatic rings. The molecule has 0 unspecified atom stereocenters. The summed E-state index contributed by atoms with van der Waals surface area (Å²) in [6, 6.07) is 3.64. The maximum Gasteiger partial charge on any atom is 0.354 e. The molecular formula is C13H16N2O3. The first-order valence-electron chi connectivity index (χ1n) is 5.89. The topological polar surface area (TPSA) is 64.2 Å². The van der Waals surface area contributed by atoms with Crippen LogP contribution in [0.4, 0.5) is 0 Å². The second-order valence-corrected chi connectivity index (χ2v) is 3.88. The molecule has 0 atom stereocenters. The number of carbonyl (C=O) groups is 1. The number of hydrogen-bond acceptors (Lipinski definition) is 4. The first kappa shape index (κ1) is 12.6. The predicted molar refractivity (Wildman–Crippen MR) is 67.6 cm³/mol. The number of aromatic amines is 1. The van der Waals surface area contributed by atoms with Crippen LogP contribution in [0.1, 0.15) is 23.0 Å². The summed E-state index contributed by atoms with van der Waals surface area (Å²) in [5.41, 5.74) is 3.16. The molecule has 0 radical (unpaired) electrons. The van der Waals surface area contributed by atoms with Crippen molar-refractivity contribution < 1.29 is 14.3 Å². The van der Waals surface area contributed by atoms with Gasteiger partial charge in [0.2, 0.25) is 0 Å². The number of nitrogens with one attached hydrogen (secondary N) is 1. The summed E-state index contributed by atoms with van der Waals surface area (Å²) in [5.74, 6) is -0.354. The molecule has 0 saturated heterocycles. The van der Waals surface area contributed by atoms with Gasteiger partial charge in [-0.05, 0) is 31.0 Å². The van der Waals surface area contributed by atoms with Crippen LogP contribution in [0.2, 0.25) is 0 Å². The summed E-state index contributed by atoms with van der Waals surface area (Å²) in [7, 11) is 1.66. The Kier molecular flexibility index (Phi) is 3.94. The van der Waals surface area contributed by atoms with Crippen molar-refractivity contribution in [1.82, 2.24) is 9.97 Å². The molecule has 0 bridgehead atoms. The Bertz CT molecular complexity index is 548. The molecule has 2 rings (SSSR count). The molecule has 5 nitrogen and oxygen atoms in total. The quantitative estimate of drug-likeness (QED) is 0.821. The van der Waals surface area contributed by atoms with Crippen molar-refractivity contribution in [3.63, 3.8) is 0 Å². The van der Waals surface area contributed by atoms with Crippen LogP contribution >= 0.6 is 0 Å². The fourth-order valence-corrected chi connectivity index (χ4v) is 1.82. The van der Waals surface area contributed by atoms with E-state index in [0.717, 1.165) is 23.0 Å². The molecule has 2 aromatic heterocycles. The molecule has 18 heavy (non-hydrogen) atoms.